The Labute approximate surface area is 113 Å². The molecule has 2 rings (SSSR count). The van der Waals surface area contributed by atoms with Crippen molar-refractivity contribution in [2.45, 2.75) is 11.6 Å². The molecule has 2 aromatic heterocycles. The molecule has 2 heterocycles. The minimum Gasteiger partial charge on any atom is -0.468 e. The van der Waals surface area contributed by atoms with Gasteiger partial charge < -0.3 is 4.42 Å². The van der Waals surface area contributed by atoms with E-state index >= 15 is 0 Å². The first kappa shape index (κ1) is 13.2. The molecular weight excluding hydrogens is 324 g/mol. The molecule has 98 valence electrons. The molecule has 9 heteroatoms. The summed E-state index contributed by atoms with van der Waals surface area (Å²) in [5.41, 5.74) is 0. The highest BCUT2D eigenvalue weighted by Gasteiger charge is 2.28. The van der Waals surface area contributed by atoms with Crippen LogP contribution in [0.2, 0.25) is 0 Å². The van der Waals surface area contributed by atoms with Gasteiger partial charge in [-0.2, -0.15) is 4.31 Å². The fourth-order valence-electron chi connectivity index (χ4n) is 1.45. The minimum atomic E-state index is -3.67. The van der Waals surface area contributed by atoms with Gasteiger partial charge in [-0.25, -0.2) is 13.1 Å². The Kier molecular flexibility index (Phi) is 3.55. The van der Waals surface area contributed by atoms with Gasteiger partial charge in [-0.05, 0) is 28.1 Å². The molecule has 0 aromatic carbocycles. The fourth-order valence-corrected chi connectivity index (χ4v) is 3.61. The minimum absolute atomic E-state index is 0.0107. The summed E-state index contributed by atoms with van der Waals surface area (Å²) in [6, 6.07) is 3.42. The van der Waals surface area contributed by atoms with Gasteiger partial charge in [0.25, 0.3) is 10.0 Å². The lowest BCUT2D eigenvalue weighted by molar-refractivity contribution is 0.402. The number of hydrogen-bond donors (Lipinski definition) is 0. The molecule has 0 amide bonds. The van der Waals surface area contributed by atoms with Crippen molar-refractivity contribution < 1.29 is 12.8 Å². The monoisotopic (exact) mass is 334 g/mol. The Hall–Kier alpha value is -1.19. The van der Waals surface area contributed by atoms with Gasteiger partial charge in [0.05, 0.1) is 12.8 Å². The number of rotatable bonds is 4. The van der Waals surface area contributed by atoms with Crippen LogP contribution in [0.1, 0.15) is 5.76 Å². The summed E-state index contributed by atoms with van der Waals surface area (Å²) in [5.74, 6) is 0.562. The van der Waals surface area contributed by atoms with Gasteiger partial charge in [-0.3, -0.25) is 0 Å². The SMILES string of the molecule is CN(Cc1ccco1)S(=O)(=O)c1c(Br)nnn1C. The van der Waals surface area contributed by atoms with Gasteiger partial charge >= 0.3 is 0 Å². The summed E-state index contributed by atoms with van der Waals surface area (Å²) in [5, 5.41) is 7.33. The predicted molar refractivity (Wildman–Crippen MR) is 66.1 cm³/mol. The summed E-state index contributed by atoms with van der Waals surface area (Å²) in [6.45, 7) is 0.146. The van der Waals surface area contributed by atoms with Gasteiger partial charge in [0.1, 0.15) is 5.76 Å². The summed E-state index contributed by atoms with van der Waals surface area (Å²) < 4.78 is 32.3. The normalized spacial score (nSPS) is 12.2. The van der Waals surface area contributed by atoms with Crippen LogP contribution in [0, 0.1) is 0 Å². The quantitative estimate of drug-likeness (QED) is 0.832. The summed E-state index contributed by atoms with van der Waals surface area (Å²) in [7, 11) is -0.680. The van der Waals surface area contributed by atoms with Crippen LogP contribution in [0.3, 0.4) is 0 Å². The maximum Gasteiger partial charge on any atom is 0.263 e. The van der Waals surface area contributed by atoms with Crippen molar-refractivity contribution in [2.24, 2.45) is 7.05 Å². The summed E-state index contributed by atoms with van der Waals surface area (Å²) >= 11 is 3.08. The van der Waals surface area contributed by atoms with Gasteiger partial charge in [0.2, 0.25) is 5.03 Å². The second kappa shape index (κ2) is 4.82. The van der Waals surface area contributed by atoms with E-state index in [4.69, 9.17) is 4.42 Å². The molecule has 0 atom stereocenters. The lowest BCUT2D eigenvalue weighted by atomic mass is 10.4. The first-order valence-corrected chi connectivity index (χ1v) is 7.20. The zero-order valence-corrected chi connectivity index (χ0v) is 12.1. The second-order valence-corrected chi connectivity index (χ2v) is 6.36. The summed E-state index contributed by atoms with van der Waals surface area (Å²) in [4.78, 5) is 0. The Balaban J connectivity index is 2.32. The van der Waals surface area contributed by atoms with E-state index in [-0.39, 0.29) is 16.2 Å². The topological polar surface area (TPSA) is 81.2 Å². The highest BCUT2D eigenvalue weighted by atomic mass is 79.9. The number of nitrogens with zero attached hydrogens (tertiary/aromatic N) is 4. The van der Waals surface area contributed by atoms with Gasteiger partial charge in [0.15, 0.2) is 4.60 Å². The first-order chi connectivity index (χ1) is 8.43. The predicted octanol–water partition coefficient (Wildman–Crippen LogP) is 0.991. The van der Waals surface area contributed by atoms with Crippen LogP contribution in [-0.4, -0.2) is 34.8 Å². The van der Waals surface area contributed by atoms with E-state index in [1.54, 1.807) is 12.1 Å². The Morgan fingerprint density at radius 1 is 1.56 bits per heavy atom. The largest absolute Gasteiger partial charge is 0.468 e. The average Bonchev–Trinajstić information content (AvgIpc) is 2.89. The van der Waals surface area contributed by atoms with Crippen LogP contribution in [-0.2, 0) is 23.6 Å². The van der Waals surface area contributed by atoms with Crippen molar-refractivity contribution in [1.29, 1.82) is 0 Å². The average molecular weight is 335 g/mol. The molecule has 0 aliphatic heterocycles. The van der Waals surface area contributed by atoms with E-state index in [9.17, 15) is 8.42 Å². The van der Waals surface area contributed by atoms with Crippen molar-refractivity contribution in [3.63, 3.8) is 0 Å². The number of sulfonamides is 1. The molecule has 0 N–H and O–H groups in total. The Morgan fingerprint density at radius 2 is 2.28 bits per heavy atom. The van der Waals surface area contributed by atoms with Crippen LogP contribution in [0.4, 0.5) is 0 Å². The van der Waals surface area contributed by atoms with Crippen LogP contribution < -0.4 is 0 Å². The molecule has 0 radical (unpaired) electrons. The molecule has 0 aliphatic carbocycles. The zero-order valence-electron chi connectivity index (χ0n) is 9.74. The fraction of sp³-hybridized carbons (Fsp3) is 0.333. The molecule has 18 heavy (non-hydrogen) atoms. The van der Waals surface area contributed by atoms with Crippen LogP contribution in [0.15, 0.2) is 32.4 Å². The van der Waals surface area contributed by atoms with Crippen molar-refractivity contribution >= 4 is 26.0 Å². The molecule has 2 aromatic rings. The smallest absolute Gasteiger partial charge is 0.263 e. The van der Waals surface area contributed by atoms with Crippen molar-refractivity contribution in [3.05, 3.63) is 28.8 Å². The standard InChI is InChI=1S/C9H11BrN4O3S/c1-13(6-7-4-3-5-17-7)18(15,16)9-8(10)11-12-14(9)2/h3-5H,6H2,1-2H3. The van der Waals surface area contributed by atoms with E-state index in [0.717, 1.165) is 0 Å². The number of furan rings is 1. The van der Waals surface area contributed by atoms with Crippen LogP contribution >= 0.6 is 15.9 Å². The van der Waals surface area contributed by atoms with E-state index in [2.05, 4.69) is 26.2 Å². The molecule has 0 unspecified atom stereocenters. The molecule has 0 bridgehead atoms. The number of halogens is 1. The Bertz CT molecular complexity index is 615. The van der Waals surface area contributed by atoms with Gasteiger partial charge in [-0.1, -0.05) is 5.21 Å². The second-order valence-electron chi connectivity index (χ2n) is 3.65. The Morgan fingerprint density at radius 3 is 2.78 bits per heavy atom. The maximum absolute atomic E-state index is 12.3. The van der Waals surface area contributed by atoms with Crippen molar-refractivity contribution in [2.75, 3.05) is 7.05 Å². The van der Waals surface area contributed by atoms with Crippen molar-refractivity contribution in [1.82, 2.24) is 19.3 Å². The highest BCUT2D eigenvalue weighted by Crippen LogP contribution is 2.22. The van der Waals surface area contributed by atoms with E-state index in [1.807, 2.05) is 0 Å². The van der Waals surface area contributed by atoms with E-state index in [0.29, 0.717) is 5.76 Å². The third-order valence-electron chi connectivity index (χ3n) is 2.35. The summed E-state index contributed by atoms with van der Waals surface area (Å²) in [6.07, 6.45) is 1.50. The number of hydrogen-bond acceptors (Lipinski definition) is 5. The first-order valence-electron chi connectivity index (χ1n) is 4.97. The third-order valence-corrected chi connectivity index (χ3v) is 5.04. The van der Waals surface area contributed by atoms with Crippen molar-refractivity contribution in [3.8, 4) is 0 Å². The lowest BCUT2D eigenvalue weighted by Crippen LogP contribution is -2.28. The molecule has 0 aliphatic rings. The number of aromatic nitrogens is 3. The zero-order chi connectivity index (χ0) is 13.3. The van der Waals surface area contributed by atoms with E-state index < -0.39 is 10.0 Å². The molecule has 7 nitrogen and oxygen atoms in total. The van der Waals surface area contributed by atoms with Gasteiger partial charge in [0, 0.05) is 14.1 Å². The van der Waals surface area contributed by atoms with Crippen LogP contribution in [0.5, 0.6) is 0 Å². The highest BCUT2D eigenvalue weighted by molar-refractivity contribution is 9.10. The lowest BCUT2D eigenvalue weighted by Gasteiger charge is -2.15. The molecule has 0 fully saturated rings. The number of aryl methyl sites for hydroxylation is 1. The maximum atomic E-state index is 12.3. The van der Waals surface area contributed by atoms with Crippen LogP contribution in [0.25, 0.3) is 0 Å². The molecule has 0 saturated carbocycles. The third kappa shape index (κ3) is 2.33. The van der Waals surface area contributed by atoms with Gasteiger partial charge in [-0.15, -0.1) is 5.10 Å². The molecule has 0 spiro atoms. The van der Waals surface area contributed by atoms with E-state index in [1.165, 1.54) is 29.3 Å². The molecule has 0 saturated heterocycles. The molecular formula is C9H11BrN4O3S.